The topological polar surface area (TPSA) is 12.9 Å². The first-order valence-electron chi connectivity index (χ1n) is 4.74. The van der Waals surface area contributed by atoms with Gasteiger partial charge in [-0.1, -0.05) is 26.0 Å². The molecule has 0 radical (unpaired) electrons. The van der Waals surface area contributed by atoms with Gasteiger partial charge in [0.05, 0.1) is 0 Å². The van der Waals surface area contributed by atoms with Crippen molar-refractivity contribution in [2.45, 2.75) is 26.7 Å². The molecular formula is C12H17N. The average Bonchev–Trinajstić information content (AvgIpc) is 2.04. The van der Waals surface area contributed by atoms with Gasteiger partial charge in [0.15, 0.2) is 0 Å². The second-order valence-electron chi connectivity index (χ2n) is 3.88. The van der Waals surface area contributed by atoms with E-state index >= 15 is 0 Å². The van der Waals surface area contributed by atoms with E-state index in [-0.39, 0.29) is 0 Å². The van der Waals surface area contributed by atoms with Crippen LogP contribution in [0.1, 0.15) is 25.8 Å². The standard InChI is InChI=1S/C12H17N/c1-10(2)8-11(3)9-12-4-6-13-7-5-12/h4-7,10H,3,8-9H2,1-2H3. The molecule has 0 bridgehead atoms. The van der Waals surface area contributed by atoms with Crippen molar-refractivity contribution in [2.75, 3.05) is 0 Å². The van der Waals surface area contributed by atoms with E-state index in [1.165, 1.54) is 11.1 Å². The third-order valence-corrected chi connectivity index (χ3v) is 1.90. The van der Waals surface area contributed by atoms with Crippen molar-refractivity contribution in [3.8, 4) is 0 Å². The SMILES string of the molecule is C=C(Cc1ccncc1)CC(C)C. The van der Waals surface area contributed by atoms with Gasteiger partial charge in [0, 0.05) is 12.4 Å². The predicted octanol–water partition coefficient (Wildman–Crippen LogP) is 3.23. The fourth-order valence-electron chi connectivity index (χ4n) is 1.44. The van der Waals surface area contributed by atoms with E-state index in [4.69, 9.17) is 0 Å². The molecule has 0 aromatic carbocycles. The van der Waals surface area contributed by atoms with Gasteiger partial charge >= 0.3 is 0 Å². The maximum atomic E-state index is 4.07. The van der Waals surface area contributed by atoms with Crippen molar-refractivity contribution in [1.82, 2.24) is 4.98 Å². The molecule has 1 heteroatoms. The minimum atomic E-state index is 0.703. The highest BCUT2D eigenvalue weighted by Crippen LogP contribution is 2.13. The minimum Gasteiger partial charge on any atom is -0.265 e. The van der Waals surface area contributed by atoms with Crippen LogP contribution in [-0.2, 0) is 6.42 Å². The zero-order valence-electron chi connectivity index (χ0n) is 8.46. The quantitative estimate of drug-likeness (QED) is 0.640. The lowest BCUT2D eigenvalue weighted by molar-refractivity contribution is 0.635. The van der Waals surface area contributed by atoms with Gasteiger partial charge in [0.25, 0.3) is 0 Å². The van der Waals surface area contributed by atoms with Crippen LogP contribution in [0.5, 0.6) is 0 Å². The summed E-state index contributed by atoms with van der Waals surface area (Å²) in [7, 11) is 0. The molecule has 13 heavy (non-hydrogen) atoms. The fourth-order valence-corrected chi connectivity index (χ4v) is 1.44. The van der Waals surface area contributed by atoms with Gasteiger partial charge in [-0.2, -0.15) is 0 Å². The fraction of sp³-hybridized carbons (Fsp3) is 0.417. The summed E-state index contributed by atoms with van der Waals surface area (Å²) in [6.45, 7) is 8.51. The summed E-state index contributed by atoms with van der Waals surface area (Å²) >= 11 is 0. The monoisotopic (exact) mass is 175 g/mol. The van der Waals surface area contributed by atoms with E-state index in [1.807, 2.05) is 24.5 Å². The smallest absolute Gasteiger partial charge is 0.0270 e. The van der Waals surface area contributed by atoms with Crippen LogP contribution in [0.4, 0.5) is 0 Å². The van der Waals surface area contributed by atoms with E-state index in [2.05, 4.69) is 25.4 Å². The maximum Gasteiger partial charge on any atom is 0.0270 e. The van der Waals surface area contributed by atoms with Crippen LogP contribution < -0.4 is 0 Å². The van der Waals surface area contributed by atoms with Crippen molar-refractivity contribution in [2.24, 2.45) is 5.92 Å². The summed E-state index contributed by atoms with van der Waals surface area (Å²) in [5, 5.41) is 0. The van der Waals surface area contributed by atoms with Gasteiger partial charge in [0.1, 0.15) is 0 Å². The van der Waals surface area contributed by atoms with E-state index < -0.39 is 0 Å². The zero-order valence-corrected chi connectivity index (χ0v) is 8.46. The summed E-state index contributed by atoms with van der Waals surface area (Å²) in [5.74, 6) is 0.703. The molecule has 0 spiro atoms. The van der Waals surface area contributed by atoms with Gasteiger partial charge in [0.2, 0.25) is 0 Å². The van der Waals surface area contributed by atoms with Crippen molar-refractivity contribution in [3.63, 3.8) is 0 Å². The molecule has 1 nitrogen and oxygen atoms in total. The summed E-state index contributed by atoms with van der Waals surface area (Å²) in [4.78, 5) is 3.98. The lowest BCUT2D eigenvalue weighted by Gasteiger charge is -2.07. The van der Waals surface area contributed by atoms with Gasteiger partial charge in [-0.15, -0.1) is 0 Å². The predicted molar refractivity (Wildman–Crippen MR) is 56.5 cm³/mol. The van der Waals surface area contributed by atoms with Crippen LogP contribution in [0.3, 0.4) is 0 Å². The molecule has 1 rings (SSSR count). The Hall–Kier alpha value is -1.11. The second-order valence-corrected chi connectivity index (χ2v) is 3.88. The molecule has 1 aromatic heterocycles. The molecule has 0 aliphatic carbocycles. The van der Waals surface area contributed by atoms with Gasteiger partial charge in [-0.05, 0) is 36.5 Å². The lowest BCUT2D eigenvalue weighted by Crippen LogP contribution is -1.94. The zero-order chi connectivity index (χ0) is 9.68. The molecular weight excluding hydrogens is 158 g/mol. The molecule has 0 saturated heterocycles. The summed E-state index contributed by atoms with van der Waals surface area (Å²) in [6, 6.07) is 4.09. The van der Waals surface area contributed by atoms with Gasteiger partial charge in [-0.25, -0.2) is 0 Å². The lowest BCUT2D eigenvalue weighted by atomic mass is 9.99. The normalized spacial score (nSPS) is 10.4. The Morgan fingerprint density at radius 2 is 2.00 bits per heavy atom. The minimum absolute atomic E-state index is 0.703. The van der Waals surface area contributed by atoms with E-state index in [1.54, 1.807) is 0 Å². The average molecular weight is 175 g/mol. The summed E-state index contributed by atoms with van der Waals surface area (Å²) in [5.41, 5.74) is 2.61. The molecule has 0 saturated carbocycles. The Kier molecular flexibility index (Phi) is 3.69. The Balaban J connectivity index is 2.46. The van der Waals surface area contributed by atoms with Crippen LogP contribution >= 0.6 is 0 Å². The number of hydrogen-bond donors (Lipinski definition) is 0. The third-order valence-electron chi connectivity index (χ3n) is 1.90. The van der Waals surface area contributed by atoms with E-state index in [0.29, 0.717) is 5.92 Å². The van der Waals surface area contributed by atoms with Crippen LogP contribution in [-0.4, -0.2) is 4.98 Å². The summed E-state index contributed by atoms with van der Waals surface area (Å²) in [6.07, 6.45) is 5.76. The first-order chi connectivity index (χ1) is 6.18. The molecule has 1 heterocycles. The molecule has 0 fully saturated rings. The Morgan fingerprint density at radius 3 is 2.54 bits per heavy atom. The Bertz CT molecular complexity index is 262. The largest absolute Gasteiger partial charge is 0.265 e. The Labute approximate surface area is 80.5 Å². The van der Waals surface area contributed by atoms with Crippen LogP contribution in [0, 0.1) is 5.92 Å². The molecule has 0 atom stereocenters. The number of rotatable bonds is 4. The van der Waals surface area contributed by atoms with Crippen LogP contribution in [0.15, 0.2) is 36.7 Å². The number of pyridine rings is 1. The molecule has 0 unspecified atom stereocenters. The molecule has 1 aromatic rings. The first kappa shape index (κ1) is 9.97. The maximum absolute atomic E-state index is 4.07. The van der Waals surface area contributed by atoms with Crippen molar-refractivity contribution < 1.29 is 0 Å². The molecule has 0 N–H and O–H groups in total. The number of nitrogens with zero attached hydrogens (tertiary/aromatic N) is 1. The van der Waals surface area contributed by atoms with Crippen molar-refractivity contribution in [1.29, 1.82) is 0 Å². The van der Waals surface area contributed by atoms with Gasteiger partial charge < -0.3 is 0 Å². The second kappa shape index (κ2) is 4.80. The third kappa shape index (κ3) is 3.88. The van der Waals surface area contributed by atoms with Crippen LogP contribution in [0.2, 0.25) is 0 Å². The van der Waals surface area contributed by atoms with Gasteiger partial charge in [-0.3, -0.25) is 4.98 Å². The van der Waals surface area contributed by atoms with E-state index in [9.17, 15) is 0 Å². The highest BCUT2D eigenvalue weighted by molar-refractivity contribution is 5.17. The van der Waals surface area contributed by atoms with Crippen molar-refractivity contribution in [3.05, 3.63) is 42.2 Å². The number of allylic oxidation sites excluding steroid dienone is 1. The van der Waals surface area contributed by atoms with Crippen LogP contribution in [0.25, 0.3) is 0 Å². The van der Waals surface area contributed by atoms with Crippen molar-refractivity contribution >= 4 is 0 Å². The molecule has 0 aliphatic rings. The number of hydrogen-bond acceptors (Lipinski definition) is 1. The summed E-state index contributed by atoms with van der Waals surface area (Å²) < 4.78 is 0. The number of aromatic nitrogens is 1. The van der Waals surface area contributed by atoms with E-state index in [0.717, 1.165) is 12.8 Å². The highest BCUT2D eigenvalue weighted by atomic mass is 14.6. The molecule has 70 valence electrons. The molecule has 0 aliphatic heterocycles. The Morgan fingerprint density at radius 1 is 1.38 bits per heavy atom. The molecule has 0 amide bonds. The highest BCUT2D eigenvalue weighted by Gasteiger charge is 1.99. The first-order valence-corrected chi connectivity index (χ1v) is 4.74.